The van der Waals surface area contributed by atoms with Gasteiger partial charge >= 0.3 is 0 Å². The van der Waals surface area contributed by atoms with Gasteiger partial charge in [-0.1, -0.05) is 158 Å². The summed E-state index contributed by atoms with van der Waals surface area (Å²) in [7, 11) is 7.85. The molecule has 0 aliphatic carbocycles. The molecule has 4 aliphatic heterocycles. The Hall–Kier alpha value is -9.06. The van der Waals surface area contributed by atoms with E-state index in [1.807, 2.05) is 121 Å². The molecule has 2 amide bonds. The average molecular weight is 1200 g/mol. The van der Waals surface area contributed by atoms with Crippen LogP contribution in [0.15, 0.2) is 170 Å². The molecular formula is C74H82N14O2. The molecule has 14 rings (SSSR count). The molecule has 4 saturated heterocycles. The monoisotopic (exact) mass is 1200 g/mol. The zero-order valence-corrected chi connectivity index (χ0v) is 52.5. The molecular weight excluding hydrogens is 1120 g/mol. The summed E-state index contributed by atoms with van der Waals surface area (Å²) < 4.78 is 0. The van der Waals surface area contributed by atoms with Gasteiger partial charge in [0.05, 0.1) is 59.3 Å². The normalized spacial score (nSPS) is 19.0. The minimum absolute atomic E-state index is 0.0842. The number of likely N-dealkylation sites (tertiary alicyclic amines) is 2. The molecule has 6 N–H and O–H groups in total. The molecule has 90 heavy (non-hydrogen) atoms. The maximum atomic E-state index is 14.0. The highest BCUT2D eigenvalue weighted by Crippen LogP contribution is 2.39. The molecule has 6 aromatic carbocycles. The zero-order valence-electron chi connectivity index (χ0n) is 52.5. The SMILES string of the molecule is Cc1[nH]c([C@@H]2CCCN2)nc1-c1ccc(-c2ccc(-c3cnc([C@@H]4CCCN4)[nH]3)cc2)cc1.Cc1[nH]c([C@@H]2CCCN2C(=O)[C@@H](c2ccccc2)N(C)C)nc1-c1ccc(-c2ccc(-c3cnc([C@@H]4CCCN4C(=O)[C@@H](c4ccccc4)N(C)C)[nH]3)cc2)cc1. The van der Waals surface area contributed by atoms with E-state index in [9.17, 15) is 9.59 Å². The van der Waals surface area contributed by atoms with Crippen LogP contribution >= 0.6 is 0 Å². The minimum atomic E-state index is -0.345. The van der Waals surface area contributed by atoms with Gasteiger partial charge in [0.25, 0.3) is 0 Å². The van der Waals surface area contributed by atoms with Crippen LogP contribution < -0.4 is 10.6 Å². The lowest BCUT2D eigenvalue weighted by molar-refractivity contribution is -0.138. The van der Waals surface area contributed by atoms with Crippen LogP contribution in [0.4, 0.5) is 0 Å². The number of benzene rings is 6. The zero-order chi connectivity index (χ0) is 61.8. The molecule has 6 atom stereocenters. The number of aromatic amines is 4. The maximum absolute atomic E-state index is 14.0. The number of aryl methyl sites for hydroxylation is 2. The highest BCUT2D eigenvalue weighted by atomic mass is 16.2. The number of imidazole rings is 4. The average Bonchev–Trinajstić information content (AvgIpc) is 2.24. The Labute approximate surface area is 528 Å². The van der Waals surface area contributed by atoms with Gasteiger partial charge < -0.3 is 40.4 Å². The van der Waals surface area contributed by atoms with E-state index in [0.29, 0.717) is 12.1 Å². The first-order chi connectivity index (χ1) is 43.9. The van der Waals surface area contributed by atoms with Crippen molar-refractivity contribution in [1.82, 2.24) is 70.1 Å². The van der Waals surface area contributed by atoms with Gasteiger partial charge in [0.1, 0.15) is 35.4 Å². The van der Waals surface area contributed by atoms with Crippen LogP contribution in [0.1, 0.15) is 133 Å². The second kappa shape index (κ2) is 26.6. The molecule has 16 nitrogen and oxygen atoms in total. The topological polar surface area (TPSA) is 186 Å². The number of H-pyrrole nitrogens is 4. The summed E-state index contributed by atoms with van der Waals surface area (Å²) in [5.74, 6) is 3.99. The Morgan fingerprint density at radius 2 is 0.789 bits per heavy atom. The highest BCUT2D eigenvalue weighted by molar-refractivity contribution is 5.85. The van der Waals surface area contributed by atoms with Crippen LogP contribution in [0.25, 0.3) is 67.3 Å². The van der Waals surface area contributed by atoms with Crippen molar-refractivity contribution in [2.24, 2.45) is 0 Å². The highest BCUT2D eigenvalue weighted by Gasteiger charge is 2.39. The number of carbonyl (C=O) groups is 2. The van der Waals surface area contributed by atoms with Crippen LogP contribution in [-0.4, -0.2) is 126 Å². The Bertz CT molecular complexity index is 4020. The van der Waals surface area contributed by atoms with Crippen LogP contribution in [-0.2, 0) is 9.59 Å². The van der Waals surface area contributed by atoms with Crippen molar-refractivity contribution in [3.63, 3.8) is 0 Å². The molecule has 0 unspecified atom stereocenters. The molecule has 0 spiro atoms. The third kappa shape index (κ3) is 12.6. The lowest BCUT2D eigenvalue weighted by Crippen LogP contribution is -2.40. The predicted molar refractivity (Wildman–Crippen MR) is 357 cm³/mol. The van der Waals surface area contributed by atoms with E-state index in [4.69, 9.17) is 15.0 Å². The van der Waals surface area contributed by atoms with E-state index in [1.165, 1.54) is 24.0 Å². The molecule has 0 saturated carbocycles. The number of hydrogen-bond acceptors (Lipinski definition) is 10. The van der Waals surface area contributed by atoms with E-state index >= 15 is 0 Å². The van der Waals surface area contributed by atoms with Crippen molar-refractivity contribution < 1.29 is 9.59 Å². The fraction of sp³-hybridized carbons (Fsp3) is 0.324. The minimum Gasteiger partial charge on any atom is -0.344 e. The van der Waals surface area contributed by atoms with Crippen molar-refractivity contribution in [2.45, 2.75) is 101 Å². The van der Waals surface area contributed by atoms with E-state index in [2.05, 4.69) is 146 Å². The number of nitrogens with one attached hydrogen (secondary N) is 6. The number of nitrogens with zero attached hydrogens (tertiary/aromatic N) is 8. The van der Waals surface area contributed by atoms with E-state index < -0.39 is 0 Å². The van der Waals surface area contributed by atoms with Gasteiger partial charge in [-0.05, 0) is 151 Å². The fourth-order valence-electron chi connectivity index (χ4n) is 13.9. The quantitative estimate of drug-likeness (QED) is 0.0544. The largest absolute Gasteiger partial charge is 0.344 e. The first-order valence-corrected chi connectivity index (χ1v) is 32.1. The van der Waals surface area contributed by atoms with Gasteiger partial charge in [0.2, 0.25) is 11.8 Å². The number of aromatic nitrogens is 8. The van der Waals surface area contributed by atoms with Gasteiger partial charge in [-0.25, -0.2) is 19.9 Å². The molecule has 0 radical (unpaired) electrons. The van der Waals surface area contributed by atoms with Gasteiger partial charge in [0.15, 0.2) is 0 Å². The molecule has 8 heterocycles. The Morgan fingerprint density at radius 3 is 1.21 bits per heavy atom. The Morgan fingerprint density at radius 1 is 0.422 bits per heavy atom. The van der Waals surface area contributed by atoms with Gasteiger partial charge in [-0.15, -0.1) is 0 Å². The van der Waals surface area contributed by atoms with Crippen molar-refractivity contribution in [3.05, 3.63) is 216 Å². The third-order valence-corrected chi connectivity index (χ3v) is 18.6. The summed E-state index contributed by atoms with van der Waals surface area (Å²) >= 11 is 0. The van der Waals surface area contributed by atoms with Crippen molar-refractivity contribution in [2.75, 3.05) is 54.4 Å². The number of carbonyl (C=O) groups excluding carboxylic acids is 2. The lowest BCUT2D eigenvalue weighted by Gasteiger charge is -2.31. The van der Waals surface area contributed by atoms with Gasteiger partial charge in [-0.3, -0.25) is 19.4 Å². The van der Waals surface area contributed by atoms with Crippen molar-refractivity contribution >= 4 is 11.8 Å². The van der Waals surface area contributed by atoms with Crippen LogP contribution in [0, 0.1) is 13.8 Å². The molecule has 10 aromatic rings. The molecule has 4 aliphatic rings. The molecule has 4 fully saturated rings. The van der Waals surface area contributed by atoms with Crippen LogP contribution in [0.3, 0.4) is 0 Å². The summed E-state index contributed by atoms with van der Waals surface area (Å²) in [5.41, 5.74) is 17.1. The molecule has 4 aromatic heterocycles. The predicted octanol–water partition coefficient (Wildman–Crippen LogP) is 13.7. The van der Waals surface area contributed by atoms with Crippen LogP contribution in [0.5, 0.6) is 0 Å². The number of hydrogen-bond donors (Lipinski definition) is 6. The van der Waals surface area contributed by atoms with Crippen molar-refractivity contribution in [1.29, 1.82) is 0 Å². The fourth-order valence-corrected chi connectivity index (χ4v) is 13.9. The summed E-state index contributed by atoms with van der Waals surface area (Å²) in [4.78, 5) is 69.4. The third-order valence-electron chi connectivity index (χ3n) is 18.6. The summed E-state index contributed by atoms with van der Waals surface area (Å²) in [6, 6.07) is 54.3. The van der Waals surface area contributed by atoms with Gasteiger partial charge in [0, 0.05) is 35.6 Å². The summed E-state index contributed by atoms with van der Waals surface area (Å²) in [5, 5.41) is 7.02. The second-order valence-electron chi connectivity index (χ2n) is 25.1. The number of rotatable bonds is 16. The first kappa shape index (κ1) is 59.9. The second-order valence-corrected chi connectivity index (χ2v) is 25.1. The molecule has 16 heteroatoms. The smallest absolute Gasteiger partial charge is 0.245 e. The van der Waals surface area contributed by atoms with Gasteiger partial charge in [-0.2, -0.15) is 0 Å². The summed E-state index contributed by atoms with van der Waals surface area (Å²) in [6.07, 6.45) is 12.2. The van der Waals surface area contributed by atoms with E-state index in [0.717, 1.165) is 167 Å². The Balaban J connectivity index is 0.000000190. The van der Waals surface area contributed by atoms with Crippen LogP contribution in [0.2, 0.25) is 0 Å². The number of amides is 2. The Kier molecular flexibility index (Phi) is 17.7. The lowest BCUT2D eigenvalue weighted by atomic mass is 10.0. The molecule has 0 bridgehead atoms. The summed E-state index contributed by atoms with van der Waals surface area (Å²) in [6.45, 7) is 7.76. The standard InChI is InChI=1S/C47H52N8O2.C27H30N6/c1-31-41(51-45(49-31)40-19-13-29-55(40)47(57)43(53(4)5)37-16-10-7-11-17-37)35-26-22-33(23-27-35)32-20-24-34(25-21-32)38-30-48-44(50-38)39-18-12-28-54(39)46(56)42(52(2)3)36-14-8-6-9-15-36;1-17-25(33-27(31-17)23-5-3-15-29-23)21-12-8-19(9-13-21)18-6-10-20(11-7-18)24-16-30-26(32-24)22-4-2-14-28-22/h6-11,14-17,20-27,30,39-40,42-43H,12-13,18-19,28-29H2,1-5H3,(H,48,50)(H,49,51);6-13,16,22-23,28-29H,2-5,14-15H2,1H3,(H,30,32)(H,31,33)/t39-,40-,42+,43+;22-,23-/m00/s1. The molecule has 460 valence electrons. The number of likely N-dealkylation sites (N-methyl/N-ethyl adjacent to an activating group) is 2. The van der Waals surface area contributed by atoms with Crippen molar-refractivity contribution in [3.8, 4) is 67.3 Å². The first-order valence-electron chi connectivity index (χ1n) is 32.1. The van der Waals surface area contributed by atoms with E-state index in [1.54, 1.807) is 0 Å². The van der Waals surface area contributed by atoms with E-state index in [-0.39, 0.29) is 36.0 Å². The maximum Gasteiger partial charge on any atom is 0.245 e.